The number of fused-ring (bicyclic) bond motifs is 1. The topological polar surface area (TPSA) is 32.3 Å². The maximum atomic E-state index is 12.7. The van der Waals surface area contributed by atoms with Gasteiger partial charge in [-0.2, -0.15) is 0 Å². The van der Waals surface area contributed by atoms with Gasteiger partial charge in [-0.15, -0.1) is 0 Å². The number of carbonyl (C=O) groups excluding carboxylic acids is 1. The van der Waals surface area contributed by atoms with Crippen LogP contribution in [0.5, 0.6) is 0 Å². The van der Waals surface area contributed by atoms with Crippen molar-refractivity contribution in [3.8, 4) is 0 Å². The molecular formula is C21H26N2O. The van der Waals surface area contributed by atoms with Crippen LogP contribution in [-0.2, 0) is 17.6 Å². The zero-order valence-electron chi connectivity index (χ0n) is 14.8. The van der Waals surface area contributed by atoms with E-state index < -0.39 is 0 Å². The Hall–Kier alpha value is -2.29. The molecule has 1 amide bonds. The SMILES string of the molecule is CCc1cccc(C)c1NCCC(=O)N1c2ccccc2CC1C. The number of para-hydroxylation sites is 2. The van der Waals surface area contributed by atoms with Gasteiger partial charge in [0, 0.05) is 30.4 Å². The van der Waals surface area contributed by atoms with E-state index in [4.69, 9.17) is 0 Å². The van der Waals surface area contributed by atoms with Gasteiger partial charge >= 0.3 is 0 Å². The second kappa shape index (κ2) is 7.08. The lowest BCUT2D eigenvalue weighted by Gasteiger charge is -2.23. The monoisotopic (exact) mass is 322 g/mol. The highest BCUT2D eigenvalue weighted by molar-refractivity contribution is 5.96. The molecule has 0 aromatic heterocycles. The van der Waals surface area contributed by atoms with Crippen LogP contribution in [0.25, 0.3) is 0 Å². The zero-order valence-corrected chi connectivity index (χ0v) is 14.8. The number of hydrogen-bond acceptors (Lipinski definition) is 2. The van der Waals surface area contributed by atoms with E-state index in [-0.39, 0.29) is 11.9 Å². The molecule has 0 saturated carbocycles. The molecule has 3 heteroatoms. The predicted molar refractivity (Wildman–Crippen MR) is 101 cm³/mol. The second-order valence-corrected chi connectivity index (χ2v) is 6.58. The number of anilines is 2. The summed E-state index contributed by atoms with van der Waals surface area (Å²) >= 11 is 0. The molecule has 1 aliphatic heterocycles. The van der Waals surface area contributed by atoms with E-state index in [9.17, 15) is 4.79 Å². The molecule has 1 unspecified atom stereocenters. The number of nitrogens with one attached hydrogen (secondary N) is 1. The lowest BCUT2D eigenvalue weighted by molar-refractivity contribution is -0.118. The van der Waals surface area contributed by atoms with Gasteiger partial charge in [0.05, 0.1) is 0 Å². The van der Waals surface area contributed by atoms with Gasteiger partial charge in [-0.25, -0.2) is 0 Å². The summed E-state index contributed by atoms with van der Waals surface area (Å²) in [5.74, 6) is 0.201. The van der Waals surface area contributed by atoms with Gasteiger partial charge in [-0.05, 0) is 49.4 Å². The minimum absolute atomic E-state index is 0.201. The first kappa shape index (κ1) is 16.6. The molecular weight excluding hydrogens is 296 g/mol. The van der Waals surface area contributed by atoms with Crippen molar-refractivity contribution in [2.75, 3.05) is 16.8 Å². The highest BCUT2D eigenvalue weighted by atomic mass is 16.2. The van der Waals surface area contributed by atoms with Crippen molar-refractivity contribution < 1.29 is 4.79 Å². The fraction of sp³-hybridized carbons (Fsp3) is 0.381. The van der Waals surface area contributed by atoms with Crippen molar-refractivity contribution in [1.82, 2.24) is 0 Å². The Morgan fingerprint density at radius 3 is 2.79 bits per heavy atom. The first-order valence-electron chi connectivity index (χ1n) is 8.84. The number of amides is 1. The van der Waals surface area contributed by atoms with Gasteiger partial charge in [-0.1, -0.05) is 43.3 Å². The highest BCUT2D eigenvalue weighted by Gasteiger charge is 2.29. The van der Waals surface area contributed by atoms with Crippen LogP contribution in [0.2, 0.25) is 0 Å². The number of carbonyl (C=O) groups is 1. The average Bonchev–Trinajstić information content (AvgIpc) is 2.91. The Labute approximate surface area is 144 Å². The molecule has 3 nitrogen and oxygen atoms in total. The van der Waals surface area contributed by atoms with Gasteiger partial charge in [0.2, 0.25) is 5.91 Å². The minimum Gasteiger partial charge on any atom is -0.384 e. The Bertz CT molecular complexity index is 738. The van der Waals surface area contributed by atoms with Crippen LogP contribution in [0.4, 0.5) is 11.4 Å². The quantitative estimate of drug-likeness (QED) is 0.888. The second-order valence-electron chi connectivity index (χ2n) is 6.58. The number of hydrogen-bond donors (Lipinski definition) is 1. The van der Waals surface area contributed by atoms with Gasteiger partial charge < -0.3 is 10.2 Å². The third-order valence-corrected chi connectivity index (χ3v) is 4.86. The fourth-order valence-corrected chi connectivity index (χ4v) is 3.64. The molecule has 1 atom stereocenters. The molecule has 0 radical (unpaired) electrons. The van der Waals surface area contributed by atoms with Gasteiger partial charge in [0.15, 0.2) is 0 Å². The van der Waals surface area contributed by atoms with Crippen LogP contribution >= 0.6 is 0 Å². The van der Waals surface area contributed by atoms with Crippen LogP contribution in [0.1, 0.15) is 37.0 Å². The van der Waals surface area contributed by atoms with Crippen molar-refractivity contribution >= 4 is 17.3 Å². The number of rotatable bonds is 5. The number of benzene rings is 2. The maximum Gasteiger partial charge on any atom is 0.229 e. The summed E-state index contributed by atoms with van der Waals surface area (Å²) < 4.78 is 0. The van der Waals surface area contributed by atoms with Crippen LogP contribution in [0, 0.1) is 6.92 Å². The van der Waals surface area contributed by atoms with Gasteiger partial charge in [0.1, 0.15) is 0 Å². The molecule has 3 rings (SSSR count). The van der Waals surface area contributed by atoms with Crippen molar-refractivity contribution in [3.05, 3.63) is 59.2 Å². The predicted octanol–water partition coefficient (Wildman–Crippen LogP) is 4.34. The molecule has 1 aliphatic rings. The summed E-state index contributed by atoms with van der Waals surface area (Å²) in [5, 5.41) is 3.48. The smallest absolute Gasteiger partial charge is 0.229 e. The highest BCUT2D eigenvalue weighted by Crippen LogP contribution is 2.32. The molecule has 0 fully saturated rings. The van der Waals surface area contributed by atoms with E-state index in [2.05, 4.69) is 56.4 Å². The summed E-state index contributed by atoms with van der Waals surface area (Å²) in [5.41, 5.74) is 6.09. The first-order valence-corrected chi connectivity index (χ1v) is 8.84. The Kier molecular flexibility index (Phi) is 4.89. The molecule has 1 N–H and O–H groups in total. The summed E-state index contributed by atoms with van der Waals surface area (Å²) in [6.07, 6.45) is 2.46. The lowest BCUT2D eigenvalue weighted by atomic mass is 10.1. The van der Waals surface area contributed by atoms with E-state index in [0.717, 1.165) is 18.5 Å². The molecule has 0 bridgehead atoms. The van der Waals surface area contributed by atoms with Gasteiger partial charge in [0.25, 0.3) is 0 Å². The summed E-state index contributed by atoms with van der Waals surface area (Å²) in [6, 6.07) is 14.8. The Balaban J connectivity index is 1.65. The average molecular weight is 322 g/mol. The Morgan fingerprint density at radius 1 is 1.21 bits per heavy atom. The normalized spacial score (nSPS) is 16.1. The molecule has 0 spiro atoms. The first-order chi connectivity index (χ1) is 11.6. The molecule has 2 aromatic carbocycles. The minimum atomic E-state index is 0.201. The maximum absolute atomic E-state index is 12.7. The summed E-state index contributed by atoms with van der Waals surface area (Å²) in [4.78, 5) is 14.7. The van der Waals surface area contributed by atoms with E-state index >= 15 is 0 Å². The zero-order chi connectivity index (χ0) is 17.1. The number of aryl methyl sites for hydroxylation is 2. The van der Waals surface area contributed by atoms with Crippen LogP contribution in [-0.4, -0.2) is 18.5 Å². The molecule has 126 valence electrons. The van der Waals surface area contributed by atoms with Crippen molar-refractivity contribution in [1.29, 1.82) is 0 Å². The molecule has 1 heterocycles. The van der Waals surface area contributed by atoms with E-state index in [1.807, 2.05) is 17.0 Å². The fourth-order valence-electron chi connectivity index (χ4n) is 3.64. The summed E-state index contributed by atoms with van der Waals surface area (Å²) in [6.45, 7) is 7.07. The standard InChI is InChI=1S/C21H26N2O/c1-4-17-10-7-8-15(2)21(17)22-13-12-20(24)23-16(3)14-18-9-5-6-11-19(18)23/h5-11,16,22H,4,12-14H2,1-3H3. The Morgan fingerprint density at radius 2 is 2.00 bits per heavy atom. The van der Waals surface area contributed by atoms with E-state index in [1.165, 1.54) is 22.4 Å². The third-order valence-electron chi connectivity index (χ3n) is 4.86. The molecule has 0 saturated heterocycles. The van der Waals surface area contributed by atoms with Gasteiger partial charge in [-0.3, -0.25) is 4.79 Å². The van der Waals surface area contributed by atoms with Crippen LogP contribution in [0.15, 0.2) is 42.5 Å². The van der Waals surface area contributed by atoms with Crippen LogP contribution in [0.3, 0.4) is 0 Å². The van der Waals surface area contributed by atoms with E-state index in [1.54, 1.807) is 0 Å². The lowest BCUT2D eigenvalue weighted by Crippen LogP contribution is -2.36. The van der Waals surface area contributed by atoms with Crippen molar-refractivity contribution in [2.45, 2.75) is 46.1 Å². The number of nitrogens with zero attached hydrogens (tertiary/aromatic N) is 1. The summed E-state index contributed by atoms with van der Waals surface area (Å²) in [7, 11) is 0. The third kappa shape index (κ3) is 3.16. The van der Waals surface area contributed by atoms with Crippen molar-refractivity contribution in [2.24, 2.45) is 0 Å². The largest absolute Gasteiger partial charge is 0.384 e. The molecule has 2 aromatic rings. The van der Waals surface area contributed by atoms with Crippen molar-refractivity contribution in [3.63, 3.8) is 0 Å². The molecule has 0 aliphatic carbocycles. The molecule has 24 heavy (non-hydrogen) atoms. The van der Waals surface area contributed by atoms with Crippen LogP contribution < -0.4 is 10.2 Å². The van der Waals surface area contributed by atoms with E-state index in [0.29, 0.717) is 13.0 Å².